The summed E-state index contributed by atoms with van der Waals surface area (Å²) in [5.41, 5.74) is 3.06. The molecule has 4 saturated carbocycles. The summed E-state index contributed by atoms with van der Waals surface area (Å²) in [5, 5.41) is 10.7. The largest absolute Gasteiger partial charge is 0.534 e. The number of halogens is 6. The van der Waals surface area contributed by atoms with Gasteiger partial charge in [-0.15, -0.1) is 0 Å². The lowest BCUT2D eigenvalue weighted by Crippen LogP contribution is -2.57. The van der Waals surface area contributed by atoms with Crippen molar-refractivity contribution in [3.63, 3.8) is 0 Å². The summed E-state index contributed by atoms with van der Waals surface area (Å²) in [6.45, 7) is 15.7. The molecule has 20 atom stereocenters. The van der Waals surface area contributed by atoms with E-state index >= 15 is 0 Å². The van der Waals surface area contributed by atoms with E-state index in [2.05, 4.69) is 26.0 Å². The van der Waals surface area contributed by atoms with E-state index in [9.17, 15) is 65.0 Å². The average Bonchev–Trinajstić information content (AvgIpc) is 1.59. The van der Waals surface area contributed by atoms with E-state index in [0.29, 0.717) is 75.7 Å². The number of allylic oxidation sites excluding steroid dienone is 4. The predicted molar refractivity (Wildman–Crippen MR) is 287 cm³/mol. The molecule has 15 nitrogen and oxygen atoms in total. The monoisotopic (exact) mass is 1180 g/mol. The van der Waals surface area contributed by atoms with Crippen molar-refractivity contribution in [2.75, 3.05) is 13.1 Å². The smallest absolute Gasteiger partial charge is 0.429 e. The topological polar surface area (TPSA) is 186 Å². The average molecular weight is 1180 g/mol. The fraction of sp³-hybridized carbons (Fsp3) is 0.762. The fourth-order valence-electron chi connectivity index (χ4n) is 20.1. The molecule has 0 unspecified atom stereocenters. The van der Waals surface area contributed by atoms with Crippen molar-refractivity contribution in [1.82, 2.24) is 14.9 Å². The van der Waals surface area contributed by atoms with Crippen LogP contribution in [0.5, 0.6) is 0 Å². The third-order valence-corrected chi connectivity index (χ3v) is 23.9. The summed E-state index contributed by atoms with van der Waals surface area (Å²) in [6.07, 6.45) is 0.424. The van der Waals surface area contributed by atoms with Crippen molar-refractivity contribution >= 4 is 41.4 Å². The molecule has 13 rings (SSSR count). The van der Waals surface area contributed by atoms with Gasteiger partial charge in [0, 0.05) is 67.2 Å². The minimum atomic E-state index is -4.98. The van der Waals surface area contributed by atoms with Crippen molar-refractivity contribution in [2.24, 2.45) is 70.0 Å². The van der Waals surface area contributed by atoms with Crippen molar-refractivity contribution in [1.29, 1.82) is 0 Å². The van der Waals surface area contributed by atoms with E-state index in [1.165, 1.54) is 5.57 Å². The molecule has 4 amide bonds. The second-order valence-corrected chi connectivity index (χ2v) is 28.2. The number of hydrogen-bond acceptors (Lipinski definition) is 12. The van der Waals surface area contributed by atoms with Crippen LogP contribution in [0.4, 0.5) is 31.1 Å². The molecule has 0 radical (unpaired) electrons. The molecule has 8 aliphatic carbocycles. The molecule has 5 saturated heterocycles. The van der Waals surface area contributed by atoms with Gasteiger partial charge in [0.1, 0.15) is 6.10 Å². The molecule has 460 valence electrons. The molecule has 13 aliphatic rings. The zero-order chi connectivity index (χ0) is 60.4. The third-order valence-electron chi connectivity index (χ3n) is 23.9. The second-order valence-electron chi connectivity index (χ2n) is 28.2. The Morgan fingerprint density at radius 2 is 1.06 bits per heavy atom. The van der Waals surface area contributed by atoms with Gasteiger partial charge in [-0.3, -0.25) is 33.6 Å². The van der Waals surface area contributed by atoms with Gasteiger partial charge in [0.25, 0.3) is 11.8 Å². The lowest BCUT2D eigenvalue weighted by Gasteiger charge is -2.48. The number of piperidine rings is 2. The highest BCUT2D eigenvalue weighted by Gasteiger charge is 2.68. The molecule has 84 heavy (non-hydrogen) atoms. The SMILES string of the molecule is CC1=C2C(=O)[C@H]3[C@@H](CC=C4C[C@@H](O)CC[C@@]43C)[C@@H]2CC[C@]12O[C@@H]1C[C@H](C)CN(C(=O)C(F)(F)F)[C@H]1[C@H]2C.CC1=C2C(=O)[C@H]3[C@@H](CC=C4C[C@@H](OC(=O)ON5C(=O)CCC5=O)CC[C@@]43C)[C@@H]2CC[C@]12O[C@@H]1C[C@H](C)CN(C(=O)C(F)(F)F)[C@H]1[C@H]2C. The van der Waals surface area contributed by atoms with Crippen molar-refractivity contribution in [3.8, 4) is 0 Å². The number of likely N-dealkylation sites (tertiary alicyclic amines) is 2. The van der Waals surface area contributed by atoms with Gasteiger partial charge >= 0.3 is 30.3 Å². The summed E-state index contributed by atoms with van der Waals surface area (Å²) < 4.78 is 101. The highest BCUT2D eigenvalue weighted by atomic mass is 19.4. The second kappa shape index (κ2) is 20.3. The van der Waals surface area contributed by atoms with Gasteiger partial charge in [-0.2, -0.15) is 26.3 Å². The first-order valence-electron chi connectivity index (χ1n) is 30.8. The number of amides is 4. The molecule has 0 aromatic rings. The fourth-order valence-corrected chi connectivity index (χ4v) is 20.1. The Hall–Kier alpha value is -4.89. The van der Waals surface area contributed by atoms with Crippen LogP contribution < -0.4 is 0 Å². The Balaban J connectivity index is 0.000000170. The summed E-state index contributed by atoms with van der Waals surface area (Å²) in [6, 6.07) is -1.37. The number of aliphatic hydroxyl groups is 1. The van der Waals surface area contributed by atoms with Crippen LogP contribution in [0.15, 0.2) is 45.6 Å². The van der Waals surface area contributed by atoms with Crippen molar-refractivity contribution < 1.29 is 84.1 Å². The number of imide groups is 1. The van der Waals surface area contributed by atoms with Crippen LogP contribution in [0.1, 0.15) is 158 Å². The van der Waals surface area contributed by atoms with Crippen LogP contribution in [0.3, 0.4) is 0 Å². The van der Waals surface area contributed by atoms with Crippen LogP contribution in [0.2, 0.25) is 0 Å². The lowest BCUT2D eigenvalue weighted by molar-refractivity contribution is -0.192. The van der Waals surface area contributed by atoms with Gasteiger partial charge in [-0.1, -0.05) is 69.9 Å². The van der Waals surface area contributed by atoms with Gasteiger partial charge < -0.3 is 29.1 Å². The first-order chi connectivity index (χ1) is 39.4. The quantitative estimate of drug-likeness (QED) is 0.120. The van der Waals surface area contributed by atoms with E-state index < -0.39 is 95.1 Å². The normalized spacial score (nSPS) is 44.1. The van der Waals surface area contributed by atoms with E-state index in [0.717, 1.165) is 56.9 Å². The van der Waals surface area contributed by atoms with Gasteiger partial charge in [-0.25, -0.2) is 4.79 Å². The zero-order valence-electron chi connectivity index (χ0n) is 49.2. The van der Waals surface area contributed by atoms with Crippen molar-refractivity contribution in [3.05, 3.63) is 45.6 Å². The number of carbonyl (C=O) groups is 7. The maximum Gasteiger partial charge on any atom is 0.534 e. The highest BCUT2D eigenvalue weighted by molar-refractivity contribution is 6.04. The number of carbonyl (C=O) groups excluding carboxylic acids is 7. The number of rotatable bonds is 2. The van der Waals surface area contributed by atoms with Crippen LogP contribution in [0.25, 0.3) is 0 Å². The minimum absolute atomic E-state index is 0.0116. The van der Waals surface area contributed by atoms with E-state index in [4.69, 9.17) is 19.0 Å². The Labute approximate surface area is 485 Å². The molecule has 21 heteroatoms. The number of Topliss-reactive ketones (excluding diaryl/α,β-unsaturated/α-hetero) is 2. The number of fused-ring (bicyclic) bond motifs is 12. The summed E-state index contributed by atoms with van der Waals surface area (Å²) in [4.78, 5) is 96.8. The molecule has 2 spiro atoms. The number of hydroxylamine groups is 2. The number of aliphatic hydroxyl groups excluding tert-OH is 1. The molecule has 0 bridgehead atoms. The van der Waals surface area contributed by atoms with Crippen LogP contribution in [-0.2, 0) is 47.8 Å². The number of ether oxygens (including phenoxy) is 3. The minimum Gasteiger partial charge on any atom is -0.429 e. The highest BCUT2D eigenvalue weighted by Crippen LogP contribution is 2.67. The van der Waals surface area contributed by atoms with Gasteiger partial charge in [0.15, 0.2) is 11.6 Å². The molecule has 9 fully saturated rings. The Bertz CT molecular complexity index is 2970. The molecular formula is C63H79F6N3O12. The Morgan fingerprint density at radius 1 is 0.631 bits per heavy atom. The number of alkyl halides is 6. The number of nitrogens with zero attached hydrogens (tertiary/aromatic N) is 3. The van der Waals surface area contributed by atoms with E-state index in [1.807, 2.05) is 41.5 Å². The van der Waals surface area contributed by atoms with Gasteiger partial charge in [0.05, 0.1) is 41.6 Å². The first-order valence-corrected chi connectivity index (χ1v) is 30.8. The molecule has 1 N–H and O–H groups in total. The predicted octanol–water partition coefficient (Wildman–Crippen LogP) is 10.2. The maximum atomic E-state index is 14.5. The van der Waals surface area contributed by atoms with E-state index in [1.54, 1.807) is 0 Å². The zero-order valence-corrected chi connectivity index (χ0v) is 49.2. The third kappa shape index (κ3) is 8.89. The molecule has 0 aromatic heterocycles. The van der Waals surface area contributed by atoms with Crippen molar-refractivity contribution in [2.45, 2.75) is 218 Å². The Morgan fingerprint density at radius 3 is 1.50 bits per heavy atom. The molecule has 5 aliphatic heterocycles. The van der Waals surface area contributed by atoms with Crippen LogP contribution in [-0.4, -0.2) is 134 Å². The maximum absolute atomic E-state index is 14.5. The standard InChI is InChI=1S/C34H41F3N2O8.C29H38F3NO4/c1-16-13-23-28(38(15-16)30(43)34(35,36)37)18(3)33(46-23)12-10-21-22-6-5-19-14-20(45-31(44)47-39-24(40)7-8-25(39)41)9-11-32(19,4)27(22)29(42)26(21)17(33)2;1-14-11-21-24(33(13-14)26(36)29(30,31)32)16(3)28(37-21)10-8-19-20-6-5-17-12-18(34)7-9-27(17,4)23(20)25(35)22(19)15(28)2/h5,16,18,20-23,27-28H,6-15H2,1-4H3;5,14,16,18-21,23-24,34H,6-13H2,1-4H3/t16-,18+,20-,21-,22-,23+,27+,28-,32-,33-;14-,16+,18-,19-,20-,21+,23+,24-,27-,28-/m00/s1. The summed E-state index contributed by atoms with van der Waals surface area (Å²) >= 11 is 0. The summed E-state index contributed by atoms with van der Waals surface area (Å²) in [5.74, 6) is -5.51. The van der Waals surface area contributed by atoms with E-state index in [-0.39, 0.29) is 102 Å². The Kier molecular flexibility index (Phi) is 14.4. The molecule has 0 aromatic carbocycles. The summed E-state index contributed by atoms with van der Waals surface area (Å²) in [7, 11) is 0. The lowest BCUT2D eigenvalue weighted by atomic mass is 9.56. The first kappa shape index (κ1) is 59.4. The number of ketones is 2. The van der Waals surface area contributed by atoms with Crippen LogP contribution >= 0.6 is 0 Å². The van der Waals surface area contributed by atoms with Gasteiger partial charge in [0.2, 0.25) is 0 Å². The molecule has 5 heterocycles. The number of hydrogen-bond donors (Lipinski definition) is 1. The molecular weight excluding hydrogens is 1100 g/mol. The van der Waals surface area contributed by atoms with Crippen LogP contribution in [0, 0.1) is 70.0 Å². The van der Waals surface area contributed by atoms with Gasteiger partial charge in [-0.05, 0) is 155 Å².